The van der Waals surface area contributed by atoms with Crippen molar-refractivity contribution in [1.29, 1.82) is 0 Å². The van der Waals surface area contributed by atoms with E-state index < -0.39 is 16.2 Å². The van der Waals surface area contributed by atoms with Crippen molar-refractivity contribution in [3.63, 3.8) is 0 Å². The van der Waals surface area contributed by atoms with Crippen LogP contribution in [-0.4, -0.2) is 61.2 Å². The maximum Gasteiger partial charge on any atom is 0.245 e. The molecule has 0 aromatic heterocycles. The Kier molecular flexibility index (Phi) is 5.99. The summed E-state index contributed by atoms with van der Waals surface area (Å²) in [7, 11) is -3.71. The molecule has 2 aromatic carbocycles. The lowest BCUT2D eigenvalue weighted by Crippen LogP contribution is -2.44. The minimum Gasteiger partial charge on any atom is -0.319 e. The van der Waals surface area contributed by atoms with Crippen molar-refractivity contribution < 1.29 is 13.2 Å². The zero-order valence-corrected chi connectivity index (χ0v) is 17.3. The monoisotopic (exact) mass is 413 g/mol. The quantitative estimate of drug-likeness (QED) is 0.756. The first-order valence-electron chi connectivity index (χ1n) is 10.2. The second-order valence-corrected chi connectivity index (χ2v) is 9.53. The van der Waals surface area contributed by atoms with Crippen LogP contribution < -0.4 is 0 Å². The van der Waals surface area contributed by atoms with E-state index in [9.17, 15) is 13.2 Å². The number of hydrogen-bond donors (Lipinski definition) is 0. The molecule has 1 unspecified atom stereocenters. The van der Waals surface area contributed by atoms with Crippen LogP contribution in [0.25, 0.3) is 0 Å². The van der Waals surface area contributed by atoms with E-state index in [-0.39, 0.29) is 10.8 Å². The van der Waals surface area contributed by atoms with Gasteiger partial charge in [0.15, 0.2) is 0 Å². The van der Waals surface area contributed by atoms with Crippen molar-refractivity contribution >= 4 is 15.9 Å². The molecule has 1 amide bonds. The normalized spacial score (nSPS) is 21.4. The van der Waals surface area contributed by atoms with Crippen LogP contribution >= 0.6 is 0 Å². The summed E-state index contributed by atoms with van der Waals surface area (Å²) in [4.78, 5) is 17.3. The fourth-order valence-electron chi connectivity index (χ4n) is 4.22. The zero-order chi connectivity index (χ0) is 20.3. The van der Waals surface area contributed by atoms with Crippen LogP contribution in [-0.2, 0) is 14.8 Å². The van der Waals surface area contributed by atoms with Crippen LogP contribution in [0.2, 0.25) is 0 Å². The highest BCUT2D eigenvalue weighted by atomic mass is 32.2. The zero-order valence-electron chi connectivity index (χ0n) is 16.5. The number of nitrogens with zero attached hydrogens (tertiary/aromatic N) is 3. The number of amides is 1. The predicted molar refractivity (Wildman–Crippen MR) is 112 cm³/mol. The molecule has 4 rings (SSSR count). The summed E-state index contributed by atoms with van der Waals surface area (Å²) in [6.07, 6.45) is 2.83. The average Bonchev–Trinajstić information content (AvgIpc) is 3.22. The van der Waals surface area contributed by atoms with Gasteiger partial charge in [0.1, 0.15) is 6.17 Å². The highest BCUT2D eigenvalue weighted by Crippen LogP contribution is 2.35. The summed E-state index contributed by atoms with van der Waals surface area (Å²) >= 11 is 0. The van der Waals surface area contributed by atoms with Gasteiger partial charge in [0.2, 0.25) is 15.9 Å². The van der Waals surface area contributed by atoms with E-state index in [0.717, 1.165) is 31.5 Å². The highest BCUT2D eigenvalue weighted by Gasteiger charge is 2.43. The largest absolute Gasteiger partial charge is 0.319 e. The molecule has 0 saturated carbocycles. The summed E-state index contributed by atoms with van der Waals surface area (Å²) in [6, 6.07) is 17.9. The first-order chi connectivity index (χ1) is 14.1. The van der Waals surface area contributed by atoms with Gasteiger partial charge < -0.3 is 4.90 Å². The van der Waals surface area contributed by atoms with Gasteiger partial charge in [0.05, 0.1) is 11.4 Å². The van der Waals surface area contributed by atoms with Gasteiger partial charge >= 0.3 is 0 Å². The van der Waals surface area contributed by atoms with Crippen molar-refractivity contribution in [2.75, 3.05) is 32.7 Å². The van der Waals surface area contributed by atoms with Crippen molar-refractivity contribution in [3.8, 4) is 0 Å². The van der Waals surface area contributed by atoms with Crippen LogP contribution in [0, 0.1) is 0 Å². The number of rotatable bonds is 5. The first kappa shape index (κ1) is 20.1. The summed E-state index contributed by atoms with van der Waals surface area (Å²) < 4.78 is 28.2. The molecule has 6 nitrogen and oxygen atoms in total. The van der Waals surface area contributed by atoms with Crippen molar-refractivity contribution in [3.05, 3.63) is 66.2 Å². The second kappa shape index (κ2) is 8.65. The van der Waals surface area contributed by atoms with Crippen molar-refractivity contribution in [1.82, 2.24) is 14.1 Å². The Labute approximate surface area is 172 Å². The molecule has 2 aliphatic heterocycles. The van der Waals surface area contributed by atoms with E-state index in [0.29, 0.717) is 19.6 Å². The SMILES string of the molecule is O=C(CN1CCCCC1)N1CCN(S(=O)(=O)c2ccccc2)C1c1ccccc1. The van der Waals surface area contributed by atoms with Crippen LogP contribution in [0.5, 0.6) is 0 Å². The molecule has 0 aliphatic carbocycles. The van der Waals surface area contributed by atoms with Gasteiger partial charge in [-0.1, -0.05) is 55.0 Å². The summed E-state index contributed by atoms with van der Waals surface area (Å²) in [6.45, 7) is 2.91. The third-order valence-corrected chi connectivity index (χ3v) is 7.57. The lowest BCUT2D eigenvalue weighted by molar-refractivity contribution is -0.134. The topological polar surface area (TPSA) is 60.9 Å². The van der Waals surface area contributed by atoms with E-state index in [2.05, 4.69) is 4.90 Å². The van der Waals surface area contributed by atoms with E-state index in [1.54, 1.807) is 35.2 Å². The Bertz CT molecular complexity index is 928. The maximum atomic E-state index is 13.4. The van der Waals surface area contributed by atoms with Crippen LogP contribution in [0.1, 0.15) is 31.0 Å². The van der Waals surface area contributed by atoms with Gasteiger partial charge in [-0.2, -0.15) is 4.31 Å². The predicted octanol–water partition coefficient (Wildman–Crippen LogP) is 2.70. The third kappa shape index (κ3) is 4.22. The molecule has 29 heavy (non-hydrogen) atoms. The lowest BCUT2D eigenvalue weighted by Gasteiger charge is -2.32. The van der Waals surface area contributed by atoms with Crippen molar-refractivity contribution in [2.24, 2.45) is 0 Å². The fraction of sp³-hybridized carbons (Fsp3) is 0.409. The van der Waals surface area contributed by atoms with Crippen LogP contribution in [0.3, 0.4) is 0 Å². The molecule has 2 fully saturated rings. The molecule has 2 aliphatic rings. The number of hydrogen-bond acceptors (Lipinski definition) is 4. The number of benzene rings is 2. The van der Waals surface area contributed by atoms with Gasteiger partial charge in [0.25, 0.3) is 0 Å². The fourth-order valence-corrected chi connectivity index (χ4v) is 5.81. The summed E-state index contributed by atoms with van der Waals surface area (Å²) in [5.41, 5.74) is 0.816. The van der Waals surface area contributed by atoms with Crippen molar-refractivity contribution in [2.45, 2.75) is 30.3 Å². The average molecular weight is 414 g/mol. The van der Waals surface area contributed by atoms with Gasteiger partial charge in [-0.25, -0.2) is 8.42 Å². The van der Waals surface area contributed by atoms with E-state index >= 15 is 0 Å². The Balaban J connectivity index is 1.63. The van der Waals surface area contributed by atoms with Gasteiger partial charge in [-0.15, -0.1) is 0 Å². The molecule has 154 valence electrons. The molecule has 0 bridgehead atoms. The lowest BCUT2D eigenvalue weighted by atomic mass is 10.1. The Morgan fingerprint density at radius 3 is 2.10 bits per heavy atom. The van der Waals surface area contributed by atoms with Crippen LogP contribution in [0.4, 0.5) is 0 Å². The minimum atomic E-state index is -3.71. The van der Waals surface area contributed by atoms with Gasteiger partial charge in [0, 0.05) is 13.1 Å². The number of sulfonamides is 1. The molecule has 0 radical (unpaired) electrons. The molecular formula is C22H27N3O3S. The standard InChI is InChI=1S/C22H27N3O3S/c26-21(18-23-14-8-3-9-15-23)24-16-17-25(22(24)19-10-4-1-5-11-19)29(27,28)20-12-6-2-7-13-20/h1-2,4-7,10-13,22H,3,8-9,14-18H2. The number of carbonyl (C=O) groups is 1. The Hall–Kier alpha value is -2.22. The van der Waals surface area contributed by atoms with Gasteiger partial charge in [-0.3, -0.25) is 9.69 Å². The molecular weight excluding hydrogens is 386 g/mol. The summed E-state index contributed by atoms with van der Waals surface area (Å²) in [5.74, 6) is -0.00786. The Morgan fingerprint density at radius 2 is 1.45 bits per heavy atom. The second-order valence-electron chi connectivity index (χ2n) is 7.64. The minimum absolute atomic E-state index is 0.00786. The molecule has 0 N–H and O–H groups in total. The van der Waals surface area contributed by atoms with E-state index in [1.165, 1.54) is 10.7 Å². The number of likely N-dealkylation sites (tertiary alicyclic amines) is 1. The Morgan fingerprint density at radius 1 is 0.828 bits per heavy atom. The molecule has 0 spiro atoms. The van der Waals surface area contributed by atoms with Gasteiger partial charge in [-0.05, 0) is 43.6 Å². The molecule has 2 aromatic rings. The smallest absolute Gasteiger partial charge is 0.245 e. The van der Waals surface area contributed by atoms with E-state index in [4.69, 9.17) is 0 Å². The van der Waals surface area contributed by atoms with Crippen LogP contribution in [0.15, 0.2) is 65.6 Å². The first-order valence-corrected chi connectivity index (χ1v) is 11.6. The van der Waals surface area contributed by atoms with E-state index in [1.807, 2.05) is 30.3 Å². The summed E-state index contributed by atoms with van der Waals surface area (Å²) in [5, 5.41) is 0. The molecule has 1 atom stereocenters. The number of piperidine rings is 1. The maximum absolute atomic E-state index is 13.4. The molecule has 7 heteroatoms. The molecule has 2 heterocycles. The number of carbonyl (C=O) groups excluding carboxylic acids is 1. The third-order valence-electron chi connectivity index (χ3n) is 5.70. The molecule has 2 saturated heterocycles. The highest BCUT2D eigenvalue weighted by molar-refractivity contribution is 7.89.